The molecule has 0 aromatic rings. The van der Waals surface area contributed by atoms with Gasteiger partial charge in [0.25, 0.3) is 0 Å². The Kier molecular flexibility index (Phi) is 3.50. The van der Waals surface area contributed by atoms with Crippen LogP contribution < -0.4 is 11.1 Å². The van der Waals surface area contributed by atoms with E-state index in [2.05, 4.69) is 24.2 Å². The lowest BCUT2D eigenvalue weighted by Crippen LogP contribution is -2.55. The fourth-order valence-corrected chi connectivity index (χ4v) is 1.65. The number of nitrogens with two attached hydrogens (primary N) is 1. The van der Waals surface area contributed by atoms with Gasteiger partial charge in [-0.15, -0.1) is 0 Å². The molecule has 1 heterocycles. The number of carbonyl (C=O) groups is 1. The Hall–Kier alpha value is -0.610. The maximum Gasteiger partial charge on any atom is 0.237 e. The van der Waals surface area contributed by atoms with Crippen LogP contribution in [0.15, 0.2) is 0 Å². The number of nitrogens with one attached hydrogen (secondary N) is 1. The van der Waals surface area contributed by atoms with Crippen LogP contribution in [-0.4, -0.2) is 42.5 Å². The van der Waals surface area contributed by atoms with Crippen molar-refractivity contribution < 1.29 is 4.79 Å². The summed E-state index contributed by atoms with van der Waals surface area (Å²) in [5.74, 6) is -0.0444. The molecule has 1 rings (SSSR count). The van der Waals surface area contributed by atoms with E-state index in [4.69, 9.17) is 5.73 Å². The van der Waals surface area contributed by atoms with Gasteiger partial charge in [-0.05, 0) is 33.7 Å². The van der Waals surface area contributed by atoms with Crippen LogP contribution in [0.5, 0.6) is 0 Å². The number of amides is 1. The Morgan fingerprint density at radius 2 is 2.00 bits per heavy atom. The molecule has 0 bridgehead atoms. The first-order valence-corrected chi connectivity index (χ1v) is 5.19. The van der Waals surface area contributed by atoms with Crippen molar-refractivity contribution in [1.29, 1.82) is 0 Å². The van der Waals surface area contributed by atoms with Crippen molar-refractivity contribution in [1.82, 2.24) is 10.2 Å². The summed E-state index contributed by atoms with van der Waals surface area (Å²) in [6.07, 6.45) is 2.00. The summed E-state index contributed by atoms with van der Waals surface area (Å²) < 4.78 is 0. The molecule has 0 spiro atoms. The highest BCUT2D eigenvalue weighted by molar-refractivity contribution is 5.81. The molecule has 4 nitrogen and oxygen atoms in total. The Morgan fingerprint density at radius 3 is 2.43 bits per heavy atom. The van der Waals surface area contributed by atoms with Gasteiger partial charge in [0.15, 0.2) is 0 Å². The lowest BCUT2D eigenvalue weighted by Gasteiger charge is -2.38. The molecule has 1 aliphatic heterocycles. The van der Waals surface area contributed by atoms with Gasteiger partial charge in [0.05, 0.1) is 6.04 Å². The Balaban J connectivity index is 2.46. The minimum atomic E-state index is -0.411. The lowest BCUT2D eigenvalue weighted by atomic mass is 9.89. The third-order valence-electron chi connectivity index (χ3n) is 2.93. The summed E-state index contributed by atoms with van der Waals surface area (Å²) in [7, 11) is 2.10. The van der Waals surface area contributed by atoms with Gasteiger partial charge in [-0.25, -0.2) is 0 Å². The standard InChI is InChI=1S/C10H21N3O/c1-8(11)9(14)12-10(2)4-6-13(3)7-5-10/h8H,4-7,11H2,1-3H3,(H,12,14). The fraction of sp³-hybridized carbons (Fsp3) is 0.900. The SMILES string of the molecule is CC(N)C(=O)NC1(C)CCN(C)CC1. The summed E-state index contributed by atoms with van der Waals surface area (Å²) in [6.45, 7) is 5.89. The van der Waals surface area contributed by atoms with Crippen LogP contribution in [0.1, 0.15) is 26.7 Å². The van der Waals surface area contributed by atoms with Crippen molar-refractivity contribution in [2.24, 2.45) is 5.73 Å². The molecule has 0 saturated carbocycles. The molecule has 1 aliphatic rings. The van der Waals surface area contributed by atoms with Crippen molar-refractivity contribution in [2.75, 3.05) is 20.1 Å². The molecule has 0 aromatic carbocycles. The Morgan fingerprint density at radius 1 is 1.50 bits per heavy atom. The molecule has 1 fully saturated rings. The van der Waals surface area contributed by atoms with E-state index in [-0.39, 0.29) is 11.4 Å². The van der Waals surface area contributed by atoms with Crippen molar-refractivity contribution in [3.8, 4) is 0 Å². The lowest BCUT2D eigenvalue weighted by molar-refractivity contribution is -0.124. The normalized spacial score (nSPS) is 24.3. The number of hydrogen-bond donors (Lipinski definition) is 2. The highest BCUT2D eigenvalue weighted by Crippen LogP contribution is 2.20. The van der Waals surface area contributed by atoms with Crippen molar-refractivity contribution >= 4 is 5.91 Å². The van der Waals surface area contributed by atoms with Crippen LogP contribution in [0.25, 0.3) is 0 Å². The maximum absolute atomic E-state index is 11.4. The van der Waals surface area contributed by atoms with Gasteiger partial charge in [-0.2, -0.15) is 0 Å². The van der Waals surface area contributed by atoms with Crippen molar-refractivity contribution in [3.63, 3.8) is 0 Å². The predicted molar refractivity (Wildman–Crippen MR) is 56.9 cm³/mol. The van der Waals surface area contributed by atoms with E-state index in [0.717, 1.165) is 25.9 Å². The number of nitrogens with zero attached hydrogens (tertiary/aromatic N) is 1. The summed E-state index contributed by atoms with van der Waals surface area (Å²) in [6, 6.07) is -0.411. The summed E-state index contributed by atoms with van der Waals surface area (Å²) >= 11 is 0. The first-order valence-electron chi connectivity index (χ1n) is 5.19. The Labute approximate surface area is 85.8 Å². The van der Waals surface area contributed by atoms with Gasteiger partial charge >= 0.3 is 0 Å². The quantitative estimate of drug-likeness (QED) is 0.655. The second-order valence-electron chi connectivity index (χ2n) is 4.64. The molecule has 0 radical (unpaired) electrons. The third-order valence-corrected chi connectivity index (χ3v) is 2.93. The average Bonchev–Trinajstić information content (AvgIpc) is 2.10. The maximum atomic E-state index is 11.4. The monoisotopic (exact) mass is 199 g/mol. The molecule has 82 valence electrons. The van der Waals surface area contributed by atoms with Crippen LogP contribution >= 0.6 is 0 Å². The minimum absolute atomic E-state index is 0.0444. The molecule has 1 unspecified atom stereocenters. The molecular weight excluding hydrogens is 178 g/mol. The van der Waals surface area contributed by atoms with Crippen LogP contribution in [-0.2, 0) is 4.79 Å². The van der Waals surface area contributed by atoms with E-state index in [1.807, 2.05) is 0 Å². The molecule has 1 saturated heterocycles. The zero-order chi connectivity index (χ0) is 10.8. The molecule has 0 aliphatic carbocycles. The van der Waals surface area contributed by atoms with Crippen molar-refractivity contribution in [2.45, 2.75) is 38.3 Å². The summed E-state index contributed by atoms with van der Waals surface area (Å²) in [4.78, 5) is 13.7. The number of likely N-dealkylation sites (tertiary alicyclic amines) is 1. The molecule has 4 heteroatoms. The zero-order valence-corrected chi connectivity index (χ0v) is 9.34. The van der Waals surface area contributed by atoms with E-state index >= 15 is 0 Å². The molecular formula is C10H21N3O. The average molecular weight is 199 g/mol. The molecule has 1 amide bonds. The highest BCUT2D eigenvalue weighted by Gasteiger charge is 2.30. The first-order chi connectivity index (χ1) is 6.43. The number of rotatable bonds is 2. The van der Waals surface area contributed by atoms with E-state index in [0.29, 0.717) is 0 Å². The van der Waals surface area contributed by atoms with Gasteiger partial charge in [-0.3, -0.25) is 4.79 Å². The van der Waals surface area contributed by atoms with Gasteiger partial charge in [0.2, 0.25) is 5.91 Å². The molecule has 14 heavy (non-hydrogen) atoms. The summed E-state index contributed by atoms with van der Waals surface area (Å²) in [5, 5.41) is 3.02. The van der Waals surface area contributed by atoms with Gasteiger partial charge < -0.3 is 16.0 Å². The Bertz CT molecular complexity index is 207. The zero-order valence-electron chi connectivity index (χ0n) is 9.34. The van der Waals surface area contributed by atoms with Crippen LogP contribution in [0.3, 0.4) is 0 Å². The number of piperidine rings is 1. The number of carbonyl (C=O) groups excluding carboxylic acids is 1. The second-order valence-corrected chi connectivity index (χ2v) is 4.64. The second kappa shape index (κ2) is 4.28. The first kappa shape index (κ1) is 11.5. The summed E-state index contributed by atoms with van der Waals surface area (Å²) in [5.41, 5.74) is 5.46. The van der Waals surface area contributed by atoms with E-state index in [1.54, 1.807) is 6.92 Å². The van der Waals surface area contributed by atoms with Gasteiger partial charge in [-0.1, -0.05) is 0 Å². The van der Waals surface area contributed by atoms with Crippen molar-refractivity contribution in [3.05, 3.63) is 0 Å². The van der Waals surface area contributed by atoms with Crippen LogP contribution in [0, 0.1) is 0 Å². The van der Waals surface area contributed by atoms with Gasteiger partial charge in [0, 0.05) is 18.6 Å². The number of hydrogen-bond acceptors (Lipinski definition) is 3. The highest BCUT2D eigenvalue weighted by atomic mass is 16.2. The topological polar surface area (TPSA) is 58.4 Å². The molecule has 0 aromatic heterocycles. The van der Waals surface area contributed by atoms with E-state index in [9.17, 15) is 4.79 Å². The van der Waals surface area contributed by atoms with E-state index in [1.165, 1.54) is 0 Å². The predicted octanol–water partition coefficient (Wildman–Crippen LogP) is -0.0659. The van der Waals surface area contributed by atoms with Gasteiger partial charge in [0.1, 0.15) is 0 Å². The van der Waals surface area contributed by atoms with Crippen LogP contribution in [0.4, 0.5) is 0 Å². The third kappa shape index (κ3) is 2.96. The van der Waals surface area contributed by atoms with Crippen LogP contribution in [0.2, 0.25) is 0 Å². The molecule has 3 N–H and O–H groups in total. The van der Waals surface area contributed by atoms with E-state index < -0.39 is 6.04 Å². The smallest absolute Gasteiger partial charge is 0.237 e. The fourth-order valence-electron chi connectivity index (χ4n) is 1.65. The molecule has 1 atom stereocenters. The minimum Gasteiger partial charge on any atom is -0.350 e. The largest absolute Gasteiger partial charge is 0.350 e.